The Morgan fingerprint density at radius 2 is 1.59 bits per heavy atom. The van der Waals surface area contributed by atoms with Crippen molar-refractivity contribution in [2.24, 2.45) is 0 Å². The van der Waals surface area contributed by atoms with E-state index in [0.29, 0.717) is 11.3 Å². The Balaban J connectivity index is 0.000000224. The van der Waals surface area contributed by atoms with Crippen LogP contribution in [0.25, 0.3) is 0 Å². The minimum absolute atomic E-state index is 0.0116. The molecule has 0 unspecified atom stereocenters. The summed E-state index contributed by atoms with van der Waals surface area (Å²) in [5.41, 5.74) is 1.45. The van der Waals surface area contributed by atoms with Gasteiger partial charge in [-0.15, -0.1) is 0 Å². The van der Waals surface area contributed by atoms with E-state index < -0.39 is 10.1 Å². The van der Waals surface area contributed by atoms with E-state index in [1.165, 1.54) is 13.0 Å². The molecular weight excluding hydrogens is 304 g/mol. The Morgan fingerprint density at radius 3 is 2.05 bits per heavy atom. The Hall–Kier alpha value is -2.18. The van der Waals surface area contributed by atoms with Crippen molar-refractivity contribution in [1.82, 2.24) is 0 Å². The summed E-state index contributed by atoms with van der Waals surface area (Å²) in [6.45, 7) is 4.84. The van der Waals surface area contributed by atoms with Crippen LogP contribution in [-0.4, -0.2) is 18.9 Å². The van der Waals surface area contributed by atoms with Gasteiger partial charge in [-0.3, -0.25) is 9.35 Å². The zero-order valence-corrected chi connectivity index (χ0v) is 13.4. The van der Waals surface area contributed by atoms with Gasteiger partial charge in [-0.2, -0.15) is 8.42 Å². The van der Waals surface area contributed by atoms with Crippen LogP contribution in [0.3, 0.4) is 0 Å². The maximum atomic E-state index is 10.8. The third kappa shape index (κ3) is 5.67. The fraction of sp³-hybridized carbons (Fsp3) is 0.188. The van der Waals surface area contributed by atoms with Crippen LogP contribution in [0.4, 0.5) is 0 Å². The van der Waals surface area contributed by atoms with Gasteiger partial charge in [-0.05, 0) is 43.2 Å². The lowest BCUT2D eigenvalue weighted by molar-refractivity contribution is -0.131. The molecule has 0 aliphatic heterocycles. The molecule has 0 saturated carbocycles. The highest BCUT2D eigenvalue weighted by Gasteiger charge is 2.12. The molecule has 0 heterocycles. The smallest absolute Gasteiger partial charge is 0.308 e. The topological polar surface area (TPSA) is 80.7 Å². The number of carbonyl (C=O) groups excluding carboxylic acids is 1. The highest BCUT2D eigenvalue weighted by molar-refractivity contribution is 7.85. The van der Waals surface area contributed by atoms with Crippen LogP contribution >= 0.6 is 0 Å². The number of aryl methyl sites for hydroxylation is 1. The van der Waals surface area contributed by atoms with E-state index in [2.05, 4.69) is 0 Å². The predicted octanol–water partition coefficient (Wildman–Crippen LogP) is 3.16. The molecule has 1 N–H and O–H groups in total. The van der Waals surface area contributed by atoms with Gasteiger partial charge < -0.3 is 4.74 Å². The second kappa shape index (κ2) is 7.72. The number of carbonyl (C=O) groups is 1. The fourth-order valence-corrected chi connectivity index (χ4v) is 2.46. The molecule has 0 fully saturated rings. The summed E-state index contributed by atoms with van der Waals surface area (Å²) >= 11 is 0. The lowest BCUT2D eigenvalue weighted by Crippen LogP contribution is -2.01. The average molecular weight is 322 g/mol. The molecule has 0 aromatic heterocycles. The number of hydrogen-bond donors (Lipinski definition) is 1. The van der Waals surface area contributed by atoms with E-state index in [0.717, 1.165) is 5.56 Å². The third-order valence-electron chi connectivity index (χ3n) is 2.84. The Kier molecular flexibility index (Phi) is 6.27. The second-order valence-corrected chi connectivity index (χ2v) is 5.97. The van der Waals surface area contributed by atoms with Gasteiger partial charge in [-0.25, -0.2) is 0 Å². The summed E-state index contributed by atoms with van der Waals surface area (Å²) in [5, 5.41) is 0. The van der Waals surface area contributed by atoms with Crippen LogP contribution in [0.15, 0.2) is 53.4 Å². The van der Waals surface area contributed by atoms with Crippen LogP contribution in [0.2, 0.25) is 0 Å². The monoisotopic (exact) mass is 322 g/mol. The highest BCUT2D eigenvalue weighted by atomic mass is 32.2. The second-order valence-electron chi connectivity index (χ2n) is 4.58. The zero-order valence-electron chi connectivity index (χ0n) is 12.6. The van der Waals surface area contributed by atoms with Crippen molar-refractivity contribution in [2.75, 3.05) is 0 Å². The first-order valence-corrected chi connectivity index (χ1v) is 7.93. The quantitative estimate of drug-likeness (QED) is 0.522. The number of rotatable bonds is 2. The summed E-state index contributed by atoms with van der Waals surface area (Å²) < 4.78 is 35.1. The molecule has 6 heteroatoms. The first-order chi connectivity index (χ1) is 10.2. The minimum atomic E-state index is -4.06. The summed E-state index contributed by atoms with van der Waals surface area (Å²) in [5.74, 6) is 0.307. The molecule has 5 nitrogen and oxygen atoms in total. The SMILES string of the molecule is CC(=O)Oc1ccccc1.Cc1cccc(S(=O)(=O)O)c1C. The van der Waals surface area contributed by atoms with Crippen molar-refractivity contribution in [3.8, 4) is 5.75 Å². The molecule has 0 amide bonds. The standard InChI is InChI=1S/C8H10O3S.C8H8O2/c1-6-4-3-5-8(7(6)2)12(9,10)11;1-7(9)10-8-5-3-2-4-6-8/h3-5H,1-2H3,(H,9,10,11);2-6H,1H3. The zero-order chi connectivity index (χ0) is 16.8. The van der Waals surface area contributed by atoms with Gasteiger partial charge in [0.1, 0.15) is 5.75 Å². The summed E-state index contributed by atoms with van der Waals surface area (Å²) in [4.78, 5) is 10.4. The molecule has 2 aromatic rings. The maximum absolute atomic E-state index is 10.8. The largest absolute Gasteiger partial charge is 0.427 e. The van der Waals surface area contributed by atoms with Gasteiger partial charge >= 0.3 is 5.97 Å². The molecule has 0 radical (unpaired) electrons. The van der Waals surface area contributed by atoms with Crippen LogP contribution in [0.5, 0.6) is 5.75 Å². The molecule has 0 saturated heterocycles. The molecular formula is C16H18O5S. The molecule has 0 aliphatic rings. The number of para-hydroxylation sites is 1. The van der Waals surface area contributed by atoms with Gasteiger partial charge in [0.05, 0.1) is 4.90 Å². The van der Waals surface area contributed by atoms with Crippen LogP contribution in [0.1, 0.15) is 18.1 Å². The van der Waals surface area contributed by atoms with Crippen molar-refractivity contribution in [2.45, 2.75) is 25.7 Å². The van der Waals surface area contributed by atoms with Gasteiger partial charge in [0.25, 0.3) is 10.1 Å². The summed E-state index contributed by atoms with van der Waals surface area (Å²) in [7, 11) is -4.06. The molecule has 118 valence electrons. The lowest BCUT2D eigenvalue weighted by Gasteiger charge is -2.03. The van der Waals surface area contributed by atoms with Crippen molar-refractivity contribution in [1.29, 1.82) is 0 Å². The van der Waals surface area contributed by atoms with E-state index in [9.17, 15) is 13.2 Å². The molecule has 0 atom stereocenters. The van der Waals surface area contributed by atoms with Gasteiger partial charge in [0.2, 0.25) is 0 Å². The lowest BCUT2D eigenvalue weighted by atomic mass is 10.1. The van der Waals surface area contributed by atoms with E-state index in [-0.39, 0.29) is 10.9 Å². The molecule has 2 aromatic carbocycles. The van der Waals surface area contributed by atoms with Crippen molar-refractivity contribution in [3.63, 3.8) is 0 Å². The number of ether oxygens (including phenoxy) is 1. The Bertz CT molecular complexity index is 736. The Morgan fingerprint density at radius 1 is 1.00 bits per heavy atom. The van der Waals surface area contributed by atoms with E-state index in [4.69, 9.17) is 9.29 Å². The van der Waals surface area contributed by atoms with Crippen molar-refractivity contribution in [3.05, 3.63) is 59.7 Å². The van der Waals surface area contributed by atoms with Crippen LogP contribution < -0.4 is 4.74 Å². The molecule has 0 aliphatic carbocycles. The van der Waals surface area contributed by atoms with Crippen molar-refractivity contribution >= 4 is 16.1 Å². The number of esters is 1. The molecule has 0 bridgehead atoms. The first-order valence-electron chi connectivity index (χ1n) is 6.49. The maximum Gasteiger partial charge on any atom is 0.308 e. The van der Waals surface area contributed by atoms with Gasteiger partial charge in [-0.1, -0.05) is 30.3 Å². The molecule has 22 heavy (non-hydrogen) atoms. The fourth-order valence-electron chi connectivity index (χ4n) is 1.66. The molecule has 2 rings (SSSR count). The van der Waals surface area contributed by atoms with Gasteiger partial charge in [0, 0.05) is 6.92 Å². The van der Waals surface area contributed by atoms with Crippen molar-refractivity contribution < 1.29 is 22.5 Å². The number of hydrogen-bond acceptors (Lipinski definition) is 4. The normalized spacial score (nSPS) is 10.4. The molecule has 0 spiro atoms. The summed E-state index contributed by atoms with van der Waals surface area (Å²) in [6.07, 6.45) is 0. The average Bonchev–Trinajstić information content (AvgIpc) is 2.42. The summed E-state index contributed by atoms with van der Waals surface area (Å²) in [6, 6.07) is 13.8. The van der Waals surface area contributed by atoms with E-state index >= 15 is 0 Å². The van der Waals surface area contributed by atoms with Crippen LogP contribution in [-0.2, 0) is 14.9 Å². The van der Waals surface area contributed by atoms with E-state index in [1.807, 2.05) is 18.2 Å². The van der Waals surface area contributed by atoms with E-state index in [1.54, 1.807) is 38.1 Å². The number of benzene rings is 2. The first kappa shape index (κ1) is 17.9. The highest BCUT2D eigenvalue weighted by Crippen LogP contribution is 2.17. The third-order valence-corrected chi connectivity index (χ3v) is 3.84. The Labute approximate surface area is 130 Å². The van der Waals surface area contributed by atoms with Crippen LogP contribution in [0, 0.1) is 13.8 Å². The minimum Gasteiger partial charge on any atom is -0.427 e. The van der Waals surface area contributed by atoms with Gasteiger partial charge in [0.15, 0.2) is 0 Å². The predicted molar refractivity (Wildman–Crippen MR) is 83.5 cm³/mol.